The first-order chi connectivity index (χ1) is 18.0. The van der Waals surface area contributed by atoms with Gasteiger partial charge in [0.05, 0.1) is 10.9 Å². The lowest BCUT2D eigenvalue weighted by molar-refractivity contribution is -0.179. The first-order valence-corrected chi connectivity index (χ1v) is 14.6. The fraction of sp³-hybridized carbons (Fsp3) is 0.565. The number of esters is 1. The van der Waals surface area contributed by atoms with Gasteiger partial charge in [-0.05, 0) is 59.6 Å². The van der Waals surface area contributed by atoms with E-state index < -0.39 is 62.8 Å². The zero-order valence-corrected chi connectivity index (χ0v) is 25.2. The third-order valence-electron chi connectivity index (χ3n) is 5.81. The summed E-state index contributed by atoms with van der Waals surface area (Å²) in [6.07, 6.45) is 0. The second-order valence-electron chi connectivity index (χ2n) is 10.3. The van der Waals surface area contributed by atoms with Crippen molar-refractivity contribution in [3.8, 4) is 0 Å². The minimum absolute atomic E-state index is 0.0773. The van der Waals surface area contributed by atoms with Crippen molar-refractivity contribution in [2.45, 2.75) is 76.3 Å². The summed E-state index contributed by atoms with van der Waals surface area (Å²) in [6.45, 7) is 11.3. The van der Waals surface area contributed by atoms with Gasteiger partial charge in [-0.15, -0.1) is 22.9 Å². The Kier molecular flexibility index (Phi) is 9.10. The van der Waals surface area contributed by atoms with Gasteiger partial charge in [0.25, 0.3) is 11.8 Å². The fourth-order valence-corrected chi connectivity index (χ4v) is 6.56. The number of oxime groups is 1. The molecule has 0 spiro atoms. The highest BCUT2D eigenvalue weighted by molar-refractivity contribution is 7.93. The maximum atomic E-state index is 13.4. The highest BCUT2D eigenvalue weighted by Gasteiger charge is 2.63. The second-order valence-corrected chi connectivity index (χ2v) is 13.5. The van der Waals surface area contributed by atoms with Crippen LogP contribution in [0.5, 0.6) is 0 Å². The van der Waals surface area contributed by atoms with Gasteiger partial charge >= 0.3 is 20.0 Å². The number of ether oxygens (including phenoxy) is 1. The molecule has 2 amide bonds. The first-order valence-electron chi connectivity index (χ1n) is 11.9. The Labute approximate surface area is 239 Å². The molecule has 1 aromatic rings. The molecule has 39 heavy (non-hydrogen) atoms. The quantitative estimate of drug-likeness (QED) is 0.0861. The van der Waals surface area contributed by atoms with Crippen molar-refractivity contribution in [2.24, 2.45) is 5.16 Å². The molecular formula is C23H30BClN4O8S2. The number of hydrogen-bond acceptors (Lipinski definition) is 11. The van der Waals surface area contributed by atoms with Crippen molar-refractivity contribution in [1.29, 1.82) is 0 Å². The van der Waals surface area contributed by atoms with Crippen molar-refractivity contribution in [3.05, 3.63) is 27.4 Å². The number of carbonyl (C=O) groups is 4. The third kappa shape index (κ3) is 6.26. The minimum Gasteiger partial charge on any atom is -0.614 e. The largest absolute Gasteiger partial charge is 0.614 e. The van der Waals surface area contributed by atoms with Crippen LogP contribution in [0.1, 0.15) is 52.2 Å². The average Bonchev–Trinajstić information content (AvgIpc) is 3.27. The monoisotopic (exact) mass is 600 g/mol. The summed E-state index contributed by atoms with van der Waals surface area (Å²) in [5, 5.41) is 6.97. The lowest BCUT2D eigenvalue weighted by atomic mass is 10.0. The van der Waals surface area contributed by atoms with Crippen LogP contribution in [-0.4, -0.2) is 85.7 Å². The molecule has 1 N–H and O–H groups in total. The number of thiazole rings is 1. The molecule has 0 saturated carbocycles. The van der Waals surface area contributed by atoms with E-state index in [-0.39, 0.29) is 23.0 Å². The highest BCUT2D eigenvalue weighted by atomic mass is 35.5. The molecule has 1 aromatic heterocycles. The maximum Gasteiger partial charge on any atom is 0.353 e. The molecule has 16 heteroatoms. The summed E-state index contributed by atoms with van der Waals surface area (Å²) in [7, 11) is 1.16. The van der Waals surface area contributed by atoms with Crippen molar-refractivity contribution < 1.29 is 38.0 Å². The number of aromatic nitrogens is 1. The third-order valence-corrected chi connectivity index (χ3v) is 8.81. The normalized spacial score (nSPS) is 23.6. The lowest BCUT2D eigenvalue weighted by Gasteiger charge is -2.50. The Morgan fingerprint density at radius 2 is 1.95 bits per heavy atom. The molecule has 1 unspecified atom stereocenters. The van der Waals surface area contributed by atoms with E-state index in [4.69, 9.17) is 25.8 Å². The van der Waals surface area contributed by atoms with E-state index in [1.54, 1.807) is 40.0 Å². The molecule has 2 aliphatic rings. The number of hydrogen-bond donors (Lipinski definition) is 1. The number of carbonyl (C=O) groups excluding carboxylic acids is 4. The Bertz CT molecular complexity index is 1240. The van der Waals surface area contributed by atoms with Gasteiger partial charge in [0.1, 0.15) is 22.2 Å². The van der Waals surface area contributed by atoms with Gasteiger partial charge in [0.2, 0.25) is 11.0 Å². The number of rotatable bonds is 8. The zero-order chi connectivity index (χ0) is 29.4. The Hall–Kier alpha value is -2.62. The van der Waals surface area contributed by atoms with Gasteiger partial charge in [-0.25, -0.2) is 14.6 Å². The van der Waals surface area contributed by atoms with E-state index >= 15 is 0 Å². The highest BCUT2D eigenvalue weighted by Crippen LogP contribution is 2.40. The van der Waals surface area contributed by atoms with Crippen LogP contribution in [0.2, 0.25) is 0 Å². The van der Waals surface area contributed by atoms with Crippen LogP contribution in [0, 0.1) is 6.92 Å². The standard InChI is InChI=1S/C23H30BClN4O8S2/c1-10-12(8-25)16(20(32)36-24)29-18(31)15(19(29)39(10)34)27-17(30)14(13-9-38-11(2)26-13)28-37-23(6,7)21(33)35-22(3,4)5/h9-10,15,19H,8,24H2,1-7H3,(H,27,30)/b28-14-/t10-,15+,19+,39?/m0/s1. The Morgan fingerprint density at radius 3 is 2.46 bits per heavy atom. The molecule has 0 aliphatic carbocycles. The summed E-state index contributed by atoms with van der Waals surface area (Å²) in [5.41, 5.74) is -2.26. The zero-order valence-electron chi connectivity index (χ0n) is 22.8. The molecule has 0 aromatic carbocycles. The number of fused-ring (bicyclic) bond motifs is 1. The van der Waals surface area contributed by atoms with Crippen molar-refractivity contribution >= 4 is 71.6 Å². The van der Waals surface area contributed by atoms with Crippen molar-refractivity contribution in [3.63, 3.8) is 0 Å². The number of nitrogens with one attached hydrogen (secondary N) is 1. The predicted octanol–water partition coefficient (Wildman–Crippen LogP) is 0.681. The molecule has 4 atom stereocenters. The summed E-state index contributed by atoms with van der Waals surface area (Å²) in [4.78, 5) is 62.4. The summed E-state index contributed by atoms with van der Waals surface area (Å²) in [6, 6.07) is -1.24. The molecule has 2 aliphatic heterocycles. The van der Waals surface area contributed by atoms with E-state index in [0.717, 1.165) is 12.9 Å². The predicted molar refractivity (Wildman–Crippen MR) is 147 cm³/mol. The summed E-state index contributed by atoms with van der Waals surface area (Å²) < 4.78 is 23.4. The molecule has 1 saturated heterocycles. The van der Waals surface area contributed by atoms with Crippen LogP contribution < -0.4 is 5.32 Å². The topological polar surface area (TPSA) is 160 Å². The lowest BCUT2D eigenvalue weighted by Crippen LogP contribution is -2.76. The average molecular weight is 601 g/mol. The molecule has 3 rings (SSSR count). The van der Waals surface area contributed by atoms with Gasteiger partial charge in [0, 0.05) is 11.0 Å². The van der Waals surface area contributed by atoms with Crippen LogP contribution in [0.25, 0.3) is 0 Å². The second kappa shape index (κ2) is 11.5. The van der Waals surface area contributed by atoms with E-state index in [1.807, 2.05) is 0 Å². The van der Waals surface area contributed by atoms with Crippen LogP contribution in [0.4, 0.5) is 0 Å². The number of nitrogens with zero attached hydrogens (tertiary/aromatic N) is 3. The fourth-order valence-electron chi connectivity index (χ4n) is 3.75. The molecular weight excluding hydrogens is 571 g/mol. The molecule has 0 bridgehead atoms. The van der Waals surface area contributed by atoms with Crippen LogP contribution in [0.15, 0.2) is 21.8 Å². The molecule has 212 valence electrons. The molecule has 0 radical (unpaired) electrons. The van der Waals surface area contributed by atoms with Crippen molar-refractivity contribution in [1.82, 2.24) is 15.2 Å². The number of alkyl halides is 1. The molecule has 1 fully saturated rings. The summed E-state index contributed by atoms with van der Waals surface area (Å²) in [5.74, 6) is -3.15. The van der Waals surface area contributed by atoms with Gasteiger partial charge in [0.15, 0.2) is 11.8 Å². The SMILES string of the molecule is BOC(=O)C1=C(CCl)[C@H](C)[S+]([O-])[C@@H]2[C@H](NC(=O)/C(=N\OC(C)(C)C(=O)OC(C)(C)C)c3csc(C)n3)C(=O)N12. The van der Waals surface area contributed by atoms with Gasteiger partial charge in [-0.3, -0.25) is 14.5 Å². The van der Waals surface area contributed by atoms with Crippen LogP contribution in [0.3, 0.4) is 0 Å². The number of β-lactam (4-membered cyclic amide) rings is 1. The van der Waals surface area contributed by atoms with E-state index in [9.17, 15) is 23.7 Å². The number of amides is 2. The maximum absolute atomic E-state index is 13.4. The Balaban J connectivity index is 1.90. The smallest absolute Gasteiger partial charge is 0.353 e. The van der Waals surface area contributed by atoms with Crippen LogP contribution >= 0.6 is 22.9 Å². The van der Waals surface area contributed by atoms with E-state index in [1.165, 1.54) is 25.2 Å². The van der Waals surface area contributed by atoms with E-state index in [0.29, 0.717) is 10.6 Å². The number of halogens is 1. The van der Waals surface area contributed by atoms with Gasteiger partial charge < -0.3 is 24.1 Å². The van der Waals surface area contributed by atoms with Crippen LogP contribution in [-0.2, 0) is 44.6 Å². The Morgan fingerprint density at radius 1 is 1.31 bits per heavy atom. The molecule has 3 heterocycles. The first kappa shape index (κ1) is 30.9. The van der Waals surface area contributed by atoms with Gasteiger partial charge in [-0.1, -0.05) is 5.16 Å². The van der Waals surface area contributed by atoms with Gasteiger partial charge in [-0.2, -0.15) is 0 Å². The summed E-state index contributed by atoms with van der Waals surface area (Å²) >= 11 is 5.56. The molecule has 12 nitrogen and oxygen atoms in total. The van der Waals surface area contributed by atoms with E-state index in [2.05, 4.69) is 15.5 Å². The minimum atomic E-state index is -1.70. The van der Waals surface area contributed by atoms with Crippen molar-refractivity contribution in [2.75, 3.05) is 5.88 Å². The number of aryl methyl sites for hydroxylation is 1.